The number of hydrogen-bond donors (Lipinski definition) is 0. The number of benzene rings is 1. The molecule has 0 fully saturated rings. The zero-order valence-corrected chi connectivity index (χ0v) is 10.1. The van der Waals surface area contributed by atoms with Crippen molar-refractivity contribution < 1.29 is 0 Å². The Kier molecular flexibility index (Phi) is 5.02. The molecule has 0 saturated carbocycles. The molecule has 0 aliphatic rings. The molecule has 4 heteroatoms. The van der Waals surface area contributed by atoms with Crippen molar-refractivity contribution in [1.29, 1.82) is 10.5 Å². The predicted molar refractivity (Wildman–Crippen MR) is 72.8 cm³/mol. The number of anilines is 2. The highest BCUT2D eigenvalue weighted by Crippen LogP contribution is 2.20. The molecule has 0 aliphatic carbocycles. The topological polar surface area (TPSA) is 54.1 Å². The second-order valence-corrected chi connectivity index (χ2v) is 3.51. The Morgan fingerprint density at radius 2 is 1.22 bits per heavy atom. The van der Waals surface area contributed by atoms with Crippen LogP contribution in [0, 0.1) is 22.9 Å². The van der Waals surface area contributed by atoms with E-state index in [-0.39, 0.29) is 0 Å². The highest BCUT2D eigenvalue weighted by molar-refractivity contribution is 5.60. The van der Waals surface area contributed by atoms with Gasteiger partial charge in [0.05, 0.1) is 24.5 Å². The van der Waals surface area contributed by atoms with Crippen LogP contribution in [0.4, 0.5) is 11.4 Å². The molecule has 1 rings (SSSR count). The summed E-state index contributed by atoms with van der Waals surface area (Å²) in [6, 6.07) is 7.20. The van der Waals surface area contributed by atoms with Crippen LogP contribution >= 0.6 is 0 Å². The predicted octanol–water partition coefficient (Wildman–Crippen LogP) is 2.63. The Balaban J connectivity index is 2.92. The summed E-state index contributed by atoms with van der Waals surface area (Å²) >= 11 is 0. The van der Waals surface area contributed by atoms with Crippen LogP contribution in [0.3, 0.4) is 0 Å². The second-order valence-electron chi connectivity index (χ2n) is 3.51. The molecule has 4 nitrogen and oxygen atoms in total. The highest BCUT2D eigenvalue weighted by atomic mass is 15.1. The molecular formula is C14H14N4. The molecule has 0 N–H and O–H groups in total. The van der Waals surface area contributed by atoms with Gasteiger partial charge in [0, 0.05) is 0 Å². The molecule has 0 aliphatic heterocycles. The van der Waals surface area contributed by atoms with Gasteiger partial charge in [-0.2, -0.15) is 10.5 Å². The van der Waals surface area contributed by atoms with Crippen molar-refractivity contribution in [2.75, 3.05) is 22.9 Å². The third-order valence-corrected chi connectivity index (χ3v) is 2.34. The van der Waals surface area contributed by atoms with Crippen LogP contribution in [-0.2, 0) is 0 Å². The summed E-state index contributed by atoms with van der Waals surface area (Å²) in [6.07, 6.45) is 7.48. The minimum absolute atomic E-state index is 0.463. The van der Waals surface area contributed by atoms with Gasteiger partial charge in [-0.1, -0.05) is 12.2 Å². The molecule has 0 radical (unpaired) electrons. The van der Waals surface area contributed by atoms with E-state index in [1.54, 1.807) is 36.4 Å². The quantitative estimate of drug-likeness (QED) is 0.434. The Morgan fingerprint density at radius 1 is 0.889 bits per heavy atom. The van der Waals surface area contributed by atoms with E-state index >= 15 is 0 Å². The zero-order valence-electron chi connectivity index (χ0n) is 10.1. The van der Waals surface area contributed by atoms with Crippen LogP contribution in [0.5, 0.6) is 0 Å². The lowest BCUT2D eigenvalue weighted by molar-refractivity contribution is 1.08. The molecule has 0 aromatic heterocycles. The van der Waals surface area contributed by atoms with E-state index in [0.717, 1.165) is 11.4 Å². The molecule has 0 spiro atoms. The molecule has 1 aromatic rings. The molecule has 0 amide bonds. The Bertz CT molecular complexity index is 443. The summed E-state index contributed by atoms with van der Waals surface area (Å²) in [5.74, 6) is 0. The van der Waals surface area contributed by atoms with E-state index in [4.69, 9.17) is 10.5 Å². The zero-order chi connectivity index (χ0) is 13.4. The summed E-state index contributed by atoms with van der Waals surface area (Å²) in [6.45, 7) is 8.13. The molecule has 0 heterocycles. The molecule has 1 aromatic carbocycles. The van der Waals surface area contributed by atoms with E-state index in [1.165, 1.54) is 9.80 Å². The first-order valence-electron chi connectivity index (χ1n) is 5.43. The maximum Gasteiger partial charge on any atom is 0.184 e. The maximum absolute atomic E-state index is 8.97. The Hall–Kier alpha value is -2.72. The van der Waals surface area contributed by atoms with Crippen LogP contribution in [0.1, 0.15) is 0 Å². The van der Waals surface area contributed by atoms with E-state index in [9.17, 15) is 0 Å². The first-order valence-corrected chi connectivity index (χ1v) is 5.43. The average molecular weight is 238 g/mol. The molecule has 90 valence electrons. The minimum Gasteiger partial charge on any atom is -0.276 e. The van der Waals surface area contributed by atoms with Gasteiger partial charge in [0.1, 0.15) is 0 Å². The van der Waals surface area contributed by atoms with Gasteiger partial charge >= 0.3 is 0 Å². The van der Waals surface area contributed by atoms with Crippen LogP contribution < -0.4 is 9.80 Å². The highest BCUT2D eigenvalue weighted by Gasteiger charge is 2.06. The van der Waals surface area contributed by atoms with Gasteiger partial charge in [-0.15, -0.1) is 13.2 Å². The lowest BCUT2D eigenvalue weighted by Crippen LogP contribution is -2.17. The molecule has 0 unspecified atom stereocenters. The largest absolute Gasteiger partial charge is 0.276 e. The summed E-state index contributed by atoms with van der Waals surface area (Å²) in [4.78, 5) is 3.03. The van der Waals surface area contributed by atoms with Gasteiger partial charge in [0.25, 0.3) is 0 Å². The molecular weight excluding hydrogens is 224 g/mol. The van der Waals surface area contributed by atoms with Gasteiger partial charge in [-0.3, -0.25) is 9.80 Å². The standard InChI is InChI=1S/C14H14N4/c1-3-9-17(11-15)13-5-7-14(8-6-13)18(12-16)10-4-2/h3-8H,1-2,9-10H2. The lowest BCUT2D eigenvalue weighted by Gasteiger charge is -2.16. The smallest absolute Gasteiger partial charge is 0.184 e. The van der Waals surface area contributed by atoms with Gasteiger partial charge < -0.3 is 0 Å². The molecule has 0 saturated heterocycles. The number of rotatable bonds is 6. The van der Waals surface area contributed by atoms with Crippen molar-refractivity contribution in [3.8, 4) is 12.4 Å². The molecule has 18 heavy (non-hydrogen) atoms. The van der Waals surface area contributed by atoms with E-state index in [1.807, 2.05) is 0 Å². The van der Waals surface area contributed by atoms with E-state index < -0.39 is 0 Å². The molecule has 0 atom stereocenters. The summed E-state index contributed by atoms with van der Waals surface area (Å²) in [5, 5.41) is 17.9. The van der Waals surface area contributed by atoms with Crippen LogP contribution in [-0.4, -0.2) is 13.1 Å². The SMILES string of the molecule is C=CCN(C#N)c1ccc(N(C#N)CC=C)cc1. The summed E-state index contributed by atoms with van der Waals surface area (Å²) < 4.78 is 0. The number of nitrogens with zero attached hydrogens (tertiary/aromatic N) is 4. The average Bonchev–Trinajstić information content (AvgIpc) is 2.42. The van der Waals surface area contributed by atoms with E-state index in [0.29, 0.717) is 13.1 Å². The van der Waals surface area contributed by atoms with Crippen molar-refractivity contribution in [1.82, 2.24) is 0 Å². The van der Waals surface area contributed by atoms with Crippen LogP contribution in [0.15, 0.2) is 49.6 Å². The summed E-state index contributed by atoms with van der Waals surface area (Å²) in [5.41, 5.74) is 1.55. The van der Waals surface area contributed by atoms with Crippen molar-refractivity contribution in [3.63, 3.8) is 0 Å². The first kappa shape index (κ1) is 13.3. The van der Waals surface area contributed by atoms with Crippen molar-refractivity contribution in [2.24, 2.45) is 0 Å². The maximum atomic E-state index is 8.97. The normalized spacial score (nSPS) is 8.78. The lowest BCUT2D eigenvalue weighted by atomic mass is 10.2. The fourth-order valence-corrected chi connectivity index (χ4v) is 1.48. The first-order chi connectivity index (χ1) is 8.76. The van der Waals surface area contributed by atoms with Gasteiger partial charge in [0.15, 0.2) is 12.4 Å². The Labute approximate surface area is 107 Å². The minimum atomic E-state index is 0.463. The fraction of sp³-hybridized carbons (Fsp3) is 0.143. The Morgan fingerprint density at radius 3 is 1.44 bits per heavy atom. The van der Waals surface area contributed by atoms with Gasteiger partial charge in [0.2, 0.25) is 0 Å². The van der Waals surface area contributed by atoms with E-state index in [2.05, 4.69) is 25.5 Å². The fourth-order valence-electron chi connectivity index (χ4n) is 1.48. The van der Waals surface area contributed by atoms with Crippen molar-refractivity contribution >= 4 is 11.4 Å². The number of hydrogen-bond acceptors (Lipinski definition) is 4. The van der Waals surface area contributed by atoms with Crippen LogP contribution in [0.25, 0.3) is 0 Å². The monoisotopic (exact) mass is 238 g/mol. The third-order valence-electron chi connectivity index (χ3n) is 2.34. The van der Waals surface area contributed by atoms with Gasteiger partial charge in [-0.25, -0.2) is 0 Å². The van der Waals surface area contributed by atoms with Crippen molar-refractivity contribution in [3.05, 3.63) is 49.6 Å². The third kappa shape index (κ3) is 3.13. The van der Waals surface area contributed by atoms with Crippen molar-refractivity contribution in [2.45, 2.75) is 0 Å². The van der Waals surface area contributed by atoms with Crippen LogP contribution in [0.2, 0.25) is 0 Å². The summed E-state index contributed by atoms with van der Waals surface area (Å²) in [7, 11) is 0. The van der Waals surface area contributed by atoms with Gasteiger partial charge in [-0.05, 0) is 24.3 Å². The second kappa shape index (κ2) is 6.78. The molecule has 0 bridgehead atoms. The number of nitriles is 2.